The molecule has 0 aliphatic carbocycles. The molecule has 58 heavy (non-hydrogen) atoms. The van der Waals surface area contributed by atoms with E-state index in [9.17, 15) is 19.4 Å². The zero-order valence-electron chi connectivity index (χ0n) is 36.7. The average molecular weight is 837 g/mol. The number of rotatable bonds is 43. The van der Waals surface area contributed by atoms with E-state index in [2.05, 4.69) is 74.6 Å². The lowest BCUT2D eigenvalue weighted by Crippen LogP contribution is -2.29. The molecule has 0 bridgehead atoms. The second kappa shape index (κ2) is 44.5. The van der Waals surface area contributed by atoms with Crippen molar-refractivity contribution < 1.29 is 43.0 Å². The minimum absolute atomic E-state index is 0.0177. The SMILES string of the molecule is CC/C=C\C/C=C\C/C=C\C/C=C\C/C=C\C/C=C\CCC(=O)OC(COCCCCCCCCCCCCCCCCCCCC)COP(=O)(O)OCC(O)CO. The Morgan fingerprint density at radius 3 is 1.38 bits per heavy atom. The molecule has 10 heteroatoms. The van der Waals surface area contributed by atoms with Crippen molar-refractivity contribution in [2.24, 2.45) is 0 Å². The van der Waals surface area contributed by atoms with Crippen LogP contribution in [-0.2, 0) is 27.9 Å². The van der Waals surface area contributed by atoms with Crippen LogP contribution in [0.1, 0.15) is 181 Å². The van der Waals surface area contributed by atoms with Crippen LogP contribution in [0.4, 0.5) is 0 Å². The summed E-state index contributed by atoms with van der Waals surface area (Å²) in [5.41, 5.74) is 0. The van der Waals surface area contributed by atoms with Crippen molar-refractivity contribution in [3.05, 3.63) is 72.9 Å². The van der Waals surface area contributed by atoms with E-state index in [0.717, 1.165) is 57.8 Å². The Labute approximate surface area is 354 Å². The third kappa shape index (κ3) is 43.5. The Balaban J connectivity index is 4.26. The standard InChI is InChI=1S/C48H85O9P/c1-3-5-7-9-11-13-15-17-19-21-23-24-26-28-30-32-34-36-38-40-48(51)57-47(45-56-58(52,53)55-43-46(50)42-49)44-54-41-39-37-35-33-31-29-27-25-22-20-18-16-14-12-10-8-6-4-2/h5,7,11,13,17,19,23-24,28,30,34,36,46-47,49-50H,3-4,6,8-10,12,14-16,18,20-22,25-27,29,31-33,35,37-45H2,1-2H3,(H,52,53)/b7-5-,13-11-,19-17-,24-23-,30-28-,36-34-. The summed E-state index contributed by atoms with van der Waals surface area (Å²) in [6.07, 6.45) is 53.1. The van der Waals surface area contributed by atoms with E-state index >= 15 is 0 Å². The molecule has 0 aromatic carbocycles. The lowest BCUT2D eigenvalue weighted by Gasteiger charge is -2.20. The Bertz CT molecular complexity index is 1130. The summed E-state index contributed by atoms with van der Waals surface area (Å²) in [4.78, 5) is 22.6. The van der Waals surface area contributed by atoms with Crippen LogP contribution in [0.5, 0.6) is 0 Å². The number of esters is 1. The fraction of sp³-hybridized carbons (Fsp3) is 0.729. The van der Waals surface area contributed by atoms with Crippen molar-refractivity contribution in [2.45, 2.75) is 193 Å². The molecule has 0 fully saturated rings. The number of carbonyl (C=O) groups is 1. The highest BCUT2D eigenvalue weighted by Crippen LogP contribution is 2.43. The highest BCUT2D eigenvalue weighted by Gasteiger charge is 2.26. The molecule has 0 aliphatic rings. The van der Waals surface area contributed by atoms with Crippen LogP contribution < -0.4 is 0 Å². The third-order valence-corrected chi connectivity index (χ3v) is 10.4. The van der Waals surface area contributed by atoms with Gasteiger partial charge in [-0.2, -0.15) is 0 Å². The fourth-order valence-corrected chi connectivity index (χ4v) is 6.76. The minimum Gasteiger partial charge on any atom is -0.457 e. The summed E-state index contributed by atoms with van der Waals surface area (Å²) >= 11 is 0. The quantitative estimate of drug-likeness (QED) is 0.0238. The molecule has 0 saturated heterocycles. The second-order valence-electron chi connectivity index (χ2n) is 15.0. The van der Waals surface area contributed by atoms with Crippen molar-refractivity contribution in [2.75, 3.05) is 33.0 Å². The molecule has 3 N–H and O–H groups in total. The summed E-state index contributed by atoms with van der Waals surface area (Å²) in [7, 11) is -4.54. The molecule has 0 amide bonds. The number of aliphatic hydroxyl groups excluding tert-OH is 2. The molecule has 0 aromatic rings. The van der Waals surface area contributed by atoms with Gasteiger partial charge in [0.25, 0.3) is 0 Å². The molecule has 0 aliphatic heterocycles. The van der Waals surface area contributed by atoms with E-state index in [1.165, 1.54) is 96.3 Å². The lowest BCUT2D eigenvalue weighted by molar-refractivity contribution is -0.154. The Kier molecular flexibility index (Phi) is 42.8. The van der Waals surface area contributed by atoms with E-state index in [-0.39, 0.29) is 13.0 Å². The first-order valence-corrected chi connectivity index (χ1v) is 24.4. The summed E-state index contributed by atoms with van der Waals surface area (Å²) in [5, 5.41) is 18.4. The zero-order valence-corrected chi connectivity index (χ0v) is 37.6. The lowest BCUT2D eigenvalue weighted by atomic mass is 10.0. The van der Waals surface area contributed by atoms with Gasteiger partial charge in [0.2, 0.25) is 0 Å². The first-order chi connectivity index (χ1) is 28.3. The van der Waals surface area contributed by atoms with Crippen molar-refractivity contribution in [3.63, 3.8) is 0 Å². The molecule has 0 heterocycles. The molecular weight excluding hydrogens is 751 g/mol. The van der Waals surface area contributed by atoms with E-state index in [4.69, 9.17) is 23.6 Å². The fourth-order valence-electron chi connectivity index (χ4n) is 5.97. The number of hydrogen-bond donors (Lipinski definition) is 3. The summed E-state index contributed by atoms with van der Waals surface area (Å²) < 4.78 is 33.3. The van der Waals surface area contributed by atoms with Crippen LogP contribution in [0.3, 0.4) is 0 Å². The summed E-state index contributed by atoms with van der Waals surface area (Å²) in [5.74, 6) is -0.464. The van der Waals surface area contributed by atoms with Gasteiger partial charge in [-0.25, -0.2) is 4.57 Å². The van der Waals surface area contributed by atoms with Gasteiger partial charge in [-0.15, -0.1) is 0 Å². The Morgan fingerprint density at radius 1 is 0.552 bits per heavy atom. The molecule has 0 radical (unpaired) electrons. The van der Waals surface area contributed by atoms with Gasteiger partial charge >= 0.3 is 13.8 Å². The minimum atomic E-state index is -4.54. The highest BCUT2D eigenvalue weighted by molar-refractivity contribution is 7.47. The van der Waals surface area contributed by atoms with Crippen molar-refractivity contribution in [3.8, 4) is 0 Å². The van der Waals surface area contributed by atoms with Crippen LogP contribution in [-0.4, -0.2) is 66.3 Å². The smallest absolute Gasteiger partial charge is 0.457 e. The maximum Gasteiger partial charge on any atom is 0.472 e. The van der Waals surface area contributed by atoms with Crippen molar-refractivity contribution in [1.82, 2.24) is 0 Å². The van der Waals surface area contributed by atoms with Crippen molar-refractivity contribution in [1.29, 1.82) is 0 Å². The summed E-state index contributed by atoms with van der Waals surface area (Å²) in [6, 6.07) is 0. The molecule has 336 valence electrons. The van der Waals surface area contributed by atoms with Crippen LogP contribution >= 0.6 is 7.82 Å². The largest absolute Gasteiger partial charge is 0.472 e. The monoisotopic (exact) mass is 837 g/mol. The van der Waals surface area contributed by atoms with E-state index in [1.807, 2.05) is 12.2 Å². The van der Waals surface area contributed by atoms with Gasteiger partial charge in [0.05, 0.1) is 26.4 Å². The predicted octanol–water partition coefficient (Wildman–Crippen LogP) is 12.9. The predicted molar refractivity (Wildman–Crippen MR) is 242 cm³/mol. The van der Waals surface area contributed by atoms with E-state index in [0.29, 0.717) is 13.0 Å². The van der Waals surface area contributed by atoms with Gasteiger partial charge in [-0.3, -0.25) is 13.8 Å². The van der Waals surface area contributed by atoms with Crippen LogP contribution in [0.2, 0.25) is 0 Å². The topological polar surface area (TPSA) is 132 Å². The Hall–Kier alpha value is -2.10. The third-order valence-electron chi connectivity index (χ3n) is 9.42. The molecule has 0 rings (SSSR count). The second-order valence-corrected chi connectivity index (χ2v) is 16.5. The van der Waals surface area contributed by atoms with E-state index < -0.39 is 45.8 Å². The average Bonchev–Trinajstić information content (AvgIpc) is 3.21. The van der Waals surface area contributed by atoms with Crippen LogP contribution in [0.25, 0.3) is 0 Å². The molecule has 3 unspecified atom stereocenters. The van der Waals surface area contributed by atoms with Crippen LogP contribution in [0, 0.1) is 0 Å². The number of ether oxygens (including phenoxy) is 2. The van der Waals surface area contributed by atoms with Gasteiger partial charge < -0.3 is 24.6 Å². The number of unbranched alkanes of at least 4 members (excludes halogenated alkanes) is 17. The molecule has 0 saturated carbocycles. The number of allylic oxidation sites excluding steroid dienone is 12. The first-order valence-electron chi connectivity index (χ1n) is 22.9. The number of phosphoric ester groups is 1. The Morgan fingerprint density at radius 2 is 0.948 bits per heavy atom. The zero-order chi connectivity index (χ0) is 42.5. The van der Waals surface area contributed by atoms with Crippen molar-refractivity contribution >= 4 is 13.8 Å². The van der Waals surface area contributed by atoms with Gasteiger partial charge in [0.1, 0.15) is 12.2 Å². The molecule has 9 nitrogen and oxygen atoms in total. The molecule has 0 spiro atoms. The summed E-state index contributed by atoms with van der Waals surface area (Å²) in [6.45, 7) is 3.31. The van der Waals surface area contributed by atoms with Gasteiger partial charge in [-0.05, 0) is 51.4 Å². The maximum atomic E-state index is 12.6. The highest BCUT2D eigenvalue weighted by atomic mass is 31.2. The number of aliphatic hydroxyl groups is 2. The molecular formula is C48H85O9P. The van der Waals surface area contributed by atoms with Crippen LogP contribution in [0.15, 0.2) is 72.9 Å². The number of hydrogen-bond acceptors (Lipinski definition) is 8. The number of carbonyl (C=O) groups excluding carboxylic acids is 1. The van der Waals surface area contributed by atoms with E-state index in [1.54, 1.807) is 0 Å². The normalized spacial score (nSPS) is 14.6. The number of phosphoric acid groups is 1. The molecule has 0 aromatic heterocycles. The van der Waals surface area contributed by atoms with Gasteiger partial charge in [0.15, 0.2) is 0 Å². The molecule has 3 atom stereocenters. The van der Waals surface area contributed by atoms with Gasteiger partial charge in [-0.1, -0.05) is 196 Å². The maximum absolute atomic E-state index is 12.6. The van der Waals surface area contributed by atoms with Gasteiger partial charge in [0, 0.05) is 13.0 Å². The first kappa shape index (κ1) is 55.9.